The quantitative estimate of drug-likeness (QED) is 0.653. The highest BCUT2D eigenvalue weighted by atomic mass is 35.5. The molecule has 0 heterocycles. The monoisotopic (exact) mass is 222 g/mol. The third kappa shape index (κ3) is 1.84. The summed E-state index contributed by atoms with van der Waals surface area (Å²) in [5.74, 6) is 0.0663. The molecule has 0 aromatic heterocycles. The minimum absolute atomic E-state index is 0.200. The van der Waals surface area contributed by atoms with Gasteiger partial charge in [0.05, 0.1) is 0 Å². The molecule has 15 heavy (non-hydrogen) atoms. The van der Waals surface area contributed by atoms with Crippen LogP contribution in [0.3, 0.4) is 0 Å². The second-order valence-electron chi connectivity index (χ2n) is 3.99. The Kier molecular flexibility index (Phi) is 2.66. The van der Waals surface area contributed by atoms with Gasteiger partial charge in [0.2, 0.25) is 0 Å². The molecular weight excluding hydrogens is 211 g/mol. The molecule has 2 aromatic rings. The molecule has 0 bridgehead atoms. The largest absolute Gasteiger partial charge is 0.207 e. The van der Waals surface area contributed by atoms with Crippen molar-refractivity contribution >= 4 is 22.4 Å². The fraction of sp³-hybridized carbons (Fsp3) is 0.231. The second-order valence-corrected chi connectivity index (χ2v) is 4.39. The standard InChI is InChI=1S/C13H12ClF/c1-8(2)11-7-10(15)6-9-4-3-5-12(14)13(9)11/h3-8H,1-2H3. The van der Waals surface area contributed by atoms with E-state index in [4.69, 9.17) is 11.6 Å². The smallest absolute Gasteiger partial charge is 0.124 e. The summed E-state index contributed by atoms with van der Waals surface area (Å²) >= 11 is 6.14. The molecule has 0 aliphatic rings. The van der Waals surface area contributed by atoms with Gasteiger partial charge < -0.3 is 0 Å². The Hall–Kier alpha value is -1.08. The van der Waals surface area contributed by atoms with Crippen LogP contribution in [0.25, 0.3) is 10.8 Å². The fourth-order valence-electron chi connectivity index (χ4n) is 1.83. The van der Waals surface area contributed by atoms with E-state index >= 15 is 0 Å². The average Bonchev–Trinajstić information content (AvgIpc) is 2.16. The normalized spacial score (nSPS) is 11.3. The molecule has 0 unspecified atom stereocenters. The van der Waals surface area contributed by atoms with Crippen molar-refractivity contribution in [1.82, 2.24) is 0 Å². The van der Waals surface area contributed by atoms with Gasteiger partial charge in [-0.1, -0.05) is 37.6 Å². The zero-order chi connectivity index (χ0) is 11.0. The Morgan fingerprint density at radius 3 is 2.60 bits per heavy atom. The first kappa shape index (κ1) is 10.4. The summed E-state index contributed by atoms with van der Waals surface area (Å²) in [5.41, 5.74) is 0.968. The summed E-state index contributed by atoms with van der Waals surface area (Å²) in [5, 5.41) is 2.53. The molecule has 78 valence electrons. The molecule has 0 atom stereocenters. The molecule has 0 saturated heterocycles. The lowest BCUT2D eigenvalue weighted by Gasteiger charge is -2.11. The van der Waals surface area contributed by atoms with Crippen molar-refractivity contribution in [3.05, 3.63) is 46.7 Å². The van der Waals surface area contributed by atoms with Gasteiger partial charge in [-0.15, -0.1) is 0 Å². The first-order valence-electron chi connectivity index (χ1n) is 4.97. The number of hydrogen-bond acceptors (Lipinski definition) is 0. The summed E-state index contributed by atoms with van der Waals surface area (Å²) in [4.78, 5) is 0. The van der Waals surface area contributed by atoms with Crippen molar-refractivity contribution in [1.29, 1.82) is 0 Å². The van der Waals surface area contributed by atoms with Crippen LogP contribution in [0.15, 0.2) is 30.3 Å². The lowest BCUT2D eigenvalue weighted by molar-refractivity contribution is 0.626. The van der Waals surface area contributed by atoms with Gasteiger partial charge in [0.25, 0.3) is 0 Å². The molecule has 0 saturated carbocycles. The molecule has 0 radical (unpaired) electrons. The van der Waals surface area contributed by atoms with Gasteiger partial charge in [-0.05, 0) is 35.1 Å². The highest BCUT2D eigenvalue weighted by molar-refractivity contribution is 6.35. The van der Waals surface area contributed by atoms with E-state index in [0.29, 0.717) is 5.02 Å². The van der Waals surface area contributed by atoms with Crippen molar-refractivity contribution in [3.63, 3.8) is 0 Å². The molecule has 2 rings (SSSR count). The van der Waals surface area contributed by atoms with Crippen molar-refractivity contribution in [3.8, 4) is 0 Å². The molecule has 2 heteroatoms. The van der Waals surface area contributed by atoms with Crippen molar-refractivity contribution in [2.75, 3.05) is 0 Å². The van der Waals surface area contributed by atoms with Gasteiger partial charge in [-0.25, -0.2) is 4.39 Å². The SMILES string of the molecule is CC(C)c1cc(F)cc2cccc(Cl)c12. The van der Waals surface area contributed by atoms with Gasteiger partial charge in [0.1, 0.15) is 5.82 Å². The third-order valence-corrected chi connectivity index (χ3v) is 2.86. The molecule has 0 amide bonds. The van der Waals surface area contributed by atoms with Crippen molar-refractivity contribution < 1.29 is 4.39 Å². The highest BCUT2D eigenvalue weighted by Crippen LogP contribution is 2.32. The fourth-order valence-corrected chi connectivity index (χ4v) is 2.12. The zero-order valence-electron chi connectivity index (χ0n) is 8.72. The first-order valence-corrected chi connectivity index (χ1v) is 5.35. The number of rotatable bonds is 1. The van der Waals surface area contributed by atoms with Crippen LogP contribution in [0, 0.1) is 5.82 Å². The van der Waals surface area contributed by atoms with Gasteiger partial charge in [0, 0.05) is 10.4 Å². The lowest BCUT2D eigenvalue weighted by atomic mass is 9.96. The summed E-state index contributed by atoms with van der Waals surface area (Å²) in [7, 11) is 0. The van der Waals surface area contributed by atoms with Crippen LogP contribution < -0.4 is 0 Å². The van der Waals surface area contributed by atoms with Crippen LogP contribution in [0.5, 0.6) is 0 Å². The molecular formula is C13H12ClF. The van der Waals surface area contributed by atoms with E-state index in [1.807, 2.05) is 32.0 Å². The number of halogens is 2. The molecule has 0 fully saturated rings. The Morgan fingerprint density at radius 2 is 1.93 bits per heavy atom. The maximum atomic E-state index is 13.3. The highest BCUT2D eigenvalue weighted by Gasteiger charge is 2.10. The summed E-state index contributed by atoms with van der Waals surface area (Å²) < 4.78 is 13.3. The second kappa shape index (κ2) is 3.82. The Labute approximate surface area is 93.7 Å². The van der Waals surface area contributed by atoms with E-state index in [-0.39, 0.29) is 11.7 Å². The van der Waals surface area contributed by atoms with E-state index < -0.39 is 0 Å². The van der Waals surface area contributed by atoms with Gasteiger partial charge >= 0.3 is 0 Å². The molecule has 0 N–H and O–H groups in total. The predicted octanol–water partition coefficient (Wildman–Crippen LogP) is 4.76. The number of fused-ring (bicyclic) bond motifs is 1. The Bertz CT molecular complexity index is 503. The zero-order valence-corrected chi connectivity index (χ0v) is 9.48. The van der Waals surface area contributed by atoms with Crippen molar-refractivity contribution in [2.45, 2.75) is 19.8 Å². The molecule has 0 nitrogen and oxygen atoms in total. The van der Waals surface area contributed by atoms with Crippen molar-refractivity contribution in [2.24, 2.45) is 0 Å². The van der Waals surface area contributed by atoms with Crippen LogP contribution in [-0.4, -0.2) is 0 Å². The van der Waals surface area contributed by atoms with Crippen LogP contribution in [0.2, 0.25) is 5.02 Å². The minimum Gasteiger partial charge on any atom is -0.207 e. The van der Waals surface area contributed by atoms with Gasteiger partial charge in [-0.2, -0.15) is 0 Å². The number of benzene rings is 2. The topological polar surface area (TPSA) is 0 Å². The van der Waals surface area contributed by atoms with E-state index in [1.165, 1.54) is 6.07 Å². The van der Waals surface area contributed by atoms with Gasteiger partial charge in [0.15, 0.2) is 0 Å². The van der Waals surface area contributed by atoms with Gasteiger partial charge in [-0.3, -0.25) is 0 Å². The van der Waals surface area contributed by atoms with E-state index in [1.54, 1.807) is 6.07 Å². The van der Waals surface area contributed by atoms with E-state index in [0.717, 1.165) is 16.3 Å². The minimum atomic E-state index is -0.200. The molecule has 0 aliphatic carbocycles. The maximum Gasteiger partial charge on any atom is 0.124 e. The maximum absolute atomic E-state index is 13.3. The summed E-state index contributed by atoms with van der Waals surface area (Å²) in [6, 6.07) is 8.66. The summed E-state index contributed by atoms with van der Waals surface area (Å²) in [6.45, 7) is 4.08. The van der Waals surface area contributed by atoms with E-state index in [2.05, 4.69) is 0 Å². The van der Waals surface area contributed by atoms with Crippen LogP contribution in [0.1, 0.15) is 25.3 Å². The Morgan fingerprint density at radius 1 is 1.20 bits per heavy atom. The predicted molar refractivity (Wildman–Crippen MR) is 63.0 cm³/mol. The summed E-state index contributed by atoms with van der Waals surface area (Å²) in [6.07, 6.45) is 0. The first-order chi connectivity index (χ1) is 7.09. The average molecular weight is 223 g/mol. The van der Waals surface area contributed by atoms with Crippen LogP contribution in [-0.2, 0) is 0 Å². The lowest BCUT2D eigenvalue weighted by Crippen LogP contribution is -1.92. The Balaban J connectivity index is 2.88. The molecule has 0 aliphatic heterocycles. The third-order valence-electron chi connectivity index (χ3n) is 2.54. The number of hydrogen-bond donors (Lipinski definition) is 0. The van der Waals surface area contributed by atoms with Crippen LogP contribution in [0.4, 0.5) is 4.39 Å². The van der Waals surface area contributed by atoms with Crippen LogP contribution >= 0.6 is 11.6 Å². The molecule has 0 spiro atoms. The van der Waals surface area contributed by atoms with E-state index in [9.17, 15) is 4.39 Å². The molecule has 2 aromatic carbocycles.